The van der Waals surface area contributed by atoms with E-state index in [9.17, 15) is 13.2 Å². The van der Waals surface area contributed by atoms with E-state index in [2.05, 4.69) is 5.32 Å². The monoisotopic (exact) mass is 390 g/mol. The minimum atomic E-state index is -3.50. The lowest BCUT2D eigenvalue weighted by Crippen LogP contribution is -2.43. The number of sulfonamides is 1. The van der Waals surface area contributed by atoms with Crippen molar-refractivity contribution in [3.05, 3.63) is 53.5 Å². The van der Waals surface area contributed by atoms with Gasteiger partial charge in [0.15, 0.2) is 0 Å². The van der Waals surface area contributed by atoms with E-state index in [-0.39, 0.29) is 17.9 Å². The first-order chi connectivity index (χ1) is 12.8. The number of hydrogen-bond acceptors (Lipinski definition) is 4. The van der Waals surface area contributed by atoms with Crippen LogP contribution in [-0.4, -0.2) is 31.7 Å². The van der Waals surface area contributed by atoms with Crippen LogP contribution in [0.25, 0.3) is 0 Å². The van der Waals surface area contributed by atoms with E-state index in [0.717, 1.165) is 17.1 Å². The van der Waals surface area contributed by atoms with Gasteiger partial charge in [-0.15, -0.1) is 0 Å². The Morgan fingerprint density at radius 3 is 2.30 bits per heavy atom. The Kier molecular flexibility index (Phi) is 5.72. The number of nitrogens with zero attached hydrogens (tertiary/aromatic N) is 1. The quantitative estimate of drug-likeness (QED) is 0.850. The van der Waals surface area contributed by atoms with Crippen molar-refractivity contribution in [2.45, 2.75) is 44.6 Å². The third-order valence-electron chi connectivity index (χ3n) is 5.03. The lowest BCUT2D eigenvalue weighted by molar-refractivity contribution is -0.126. The smallest absolute Gasteiger partial charge is 0.243 e. The Hall–Kier alpha value is -2.12. The number of hydrogen-bond donors (Lipinski definition) is 1. The van der Waals surface area contributed by atoms with Gasteiger partial charge in [0.1, 0.15) is 11.5 Å². The normalized spacial score (nSPS) is 17.6. The van der Waals surface area contributed by atoms with Gasteiger partial charge < -0.3 is 9.73 Å². The van der Waals surface area contributed by atoms with E-state index < -0.39 is 10.0 Å². The van der Waals surface area contributed by atoms with Crippen molar-refractivity contribution >= 4 is 15.9 Å². The van der Waals surface area contributed by atoms with Gasteiger partial charge in [0.25, 0.3) is 0 Å². The number of furan rings is 1. The molecule has 0 saturated carbocycles. The molecule has 1 amide bonds. The van der Waals surface area contributed by atoms with Crippen LogP contribution in [0.4, 0.5) is 0 Å². The standard InChI is InChI=1S/C20H26N2O4S/c1-14-4-7-18(8-5-14)27(24,25)22-12-10-17(11-13-22)20(23)21-16(3)19-9-6-15(2)26-19/h4-9,16-17H,10-13H2,1-3H3,(H,21,23). The summed E-state index contributed by atoms with van der Waals surface area (Å²) in [5.41, 5.74) is 1.02. The average Bonchev–Trinajstić information content (AvgIpc) is 3.09. The highest BCUT2D eigenvalue weighted by atomic mass is 32.2. The number of amides is 1. The molecule has 3 rings (SSSR count). The number of nitrogens with one attached hydrogen (secondary N) is 1. The Balaban J connectivity index is 1.58. The van der Waals surface area contributed by atoms with Crippen LogP contribution < -0.4 is 5.32 Å². The fourth-order valence-electron chi connectivity index (χ4n) is 3.31. The SMILES string of the molecule is Cc1ccc(S(=O)(=O)N2CCC(C(=O)NC(C)c3ccc(C)o3)CC2)cc1. The first-order valence-corrected chi connectivity index (χ1v) is 10.6. The highest BCUT2D eigenvalue weighted by Crippen LogP contribution is 2.25. The van der Waals surface area contributed by atoms with Gasteiger partial charge in [-0.3, -0.25) is 4.79 Å². The van der Waals surface area contributed by atoms with E-state index in [1.165, 1.54) is 4.31 Å². The maximum absolute atomic E-state index is 12.8. The molecule has 1 aromatic carbocycles. The molecule has 0 bridgehead atoms. The molecule has 146 valence electrons. The minimum absolute atomic E-state index is 0.0519. The zero-order valence-corrected chi connectivity index (χ0v) is 16.8. The molecule has 2 aromatic rings. The summed E-state index contributed by atoms with van der Waals surface area (Å²) in [4.78, 5) is 12.8. The molecule has 1 aromatic heterocycles. The van der Waals surface area contributed by atoms with Crippen LogP contribution in [0.1, 0.15) is 42.9 Å². The van der Waals surface area contributed by atoms with E-state index in [4.69, 9.17) is 4.42 Å². The van der Waals surface area contributed by atoms with Gasteiger partial charge in [-0.05, 0) is 57.9 Å². The third kappa shape index (κ3) is 4.42. The molecule has 0 spiro atoms. The van der Waals surface area contributed by atoms with E-state index >= 15 is 0 Å². The molecule has 1 aliphatic heterocycles. The van der Waals surface area contributed by atoms with Gasteiger partial charge in [-0.2, -0.15) is 4.31 Å². The second kappa shape index (κ2) is 7.86. The number of piperidine rings is 1. The maximum Gasteiger partial charge on any atom is 0.243 e. The predicted molar refractivity (Wildman–Crippen MR) is 103 cm³/mol. The molecule has 0 radical (unpaired) electrons. The number of aryl methyl sites for hydroxylation is 2. The van der Waals surface area contributed by atoms with Gasteiger partial charge in [-0.1, -0.05) is 17.7 Å². The van der Waals surface area contributed by atoms with Gasteiger partial charge in [-0.25, -0.2) is 8.42 Å². The van der Waals surface area contributed by atoms with Crippen molar-refractivity contribution in [2.24, 2.45) is 5.92 Å². The van der Waals surface area contributed by atoms with Crippen LogP contribution >= 0.6 is 0 Å². The fraction of sp³-hybridized carbons (Fsp3) is 0.450. The highest BCUT2D eigenvalue weighted by molar-refractivity contribution is 7.89. The summed E-state index contributed by atoms with van der Waals surface area (Å²) < 4.78 is 32.5. The summed E-state index contributed by atoms with van der Waals surface area (Å²) in [6.07, 6.45) is 1.03. The molecule has 1 atom stereocenters. The molecule has 27 heavy (non-hydrogen) atoms. The van der Waals surface area contributed by atoms with Crippen molar-refractivity contribution in [3.63, 3.8) is 0 Å². The van der Waals surface area contributed by atoms with Crippen LogP contribution in [0.2, 0.25) is 0 Å². The van der Waals surface area contributed by atoms with Crippen molar-refractivity contribution < 1.29 is 17.6 Å². The molecule has 1 saturated heterocycles. The molecular formula is C20H26N2O4S. The molecule has 2 heterocycles. The van der Waals surface area contributed by atoms with E-state index in [1.54, 1.807) is 24.3 Å². The summed E-state index contributed by atoms with van der Waals surface area (Å²) in [5, 5.41) is 2.97. The molecule has 1 N–H and O–H groups in total. The molecule has 1 fully saturated rings. The number of carbonyl (C=O) groups is 1. The van der Waals surface area contributed by atoms with Gasteiger partial charge >= 0.3 is 0 Å². The predicted octanol–water partition coefficient (Wildman–Crippen LogP) is 3.17. The second-order valence-corrected chi connectivity index (χ2v) is 9.11. The number of carbonyl (C=O) groups excluding carboxylic acids is 1. The number of benzene rings is 1. The van der Waals surface area contributed by atoms with Gasteiger partial charge in [0.2, 0.25) is 15.9 Å². The van der Waals surface area contributed by atoms with E-state index in [1.807, 2.05) is 32.9 Å². The summed E-state index contributed by atoms with van der Waals surface area (Å²) in [6, 6.07) is 10.4. The largest absolute Gasteiger partial charge is 0.464 e. The zero-order valence-electron chi connectivity index (χ0n) is 15.9. The van der Waals surface area contributed by atoms with Crippen LogP contribution in [0.3, 0.4) is 0 Å². The van der Waals surface area contributed by atoms with Crippen LogP contribution in [0, 0.1) is 19.8 Å². The summed E-state index contributed by atoms with van der Waals surface area (Å²) in [5.74, 6) is 1.29. The van der Waals surface area contributed by atoms with Crippen LogP contribution in [0.5, 0.6) is 0 Å². The van der Waals surface area contributed by atoms with Crippen molar-refractivity contribution in [2.75, 3.05) is 13.1 Å². The molecule has 1 unspecified atom stereocenters. The minimum Gasteiger partial charge on any atom is -0.464 e. The molecule has 1 aliphatic rings. The van der Waals surface area contributed by atoms with Crippen molar-refractivity contribution in [3.8, 4) is 0 Å². The van der Waals surface area contributed by atoms with Crippen molar-refractivity contribution in [1.82, 2.24) is 9.62 Å². The average molecular weight is 391 g/mol. The molecule has 7 heteroatoms. The Morgan fingerprint density at radius 2 is 1.74 bits per heavy atom. The first-order valence-electron chi connectivity index (χ1n) is 9.21. The summed E-state index contributed by atoms with van der Waals surface area (Å²) in [7, 11) is -3.50. The van der Waals surface area contributed by atoms with Crippen LogP contribution in [0.15, 0.2) is 45.7 Å². The van der Waals surface area contributed by atoms with Crippen molar-refractivity contribution in [1.29, 1.82) is 0 Å². The van der Waals surface area contributed by atoms with E-state index in [0.29, 0.717) is 30.8 Å². The van der Waals surface area contributed by atoms with Gasteiger partial charge in [0, 0.05) is 19.0 Å². The lowest BCUT2D eigenvalue weighted by atomic mass is 9.97. The third-order valence-corrected chi connectivity index (χ3v) is 6.94. The van der Waals surface area contributed by atoms with Gasteiger partial charge in [0.05, 0.1) is 10.9 Å². The lowest BCUT2D eigenvalue weighted by Gasteiger charge is -2.31. The molecule has 0 aliphatic carbocycles. The summed E-state index contributed by atoms with van der Waals surface area (Å²) >= 11 is 0. The second-order valence-electron chi connectivity index (χ2n) is 7.17. The maximum atomic E-state index is 12.8. The zero-order chi connectivity index (χ0) is 19.6. The summed E-state index contributed by atoms with van der Waals surface area (Å²) in [6.45, 7) is 6.37. The fourth-order valence-corrected chi connectivity index (χ4v) is 4.78. The Morgan fingerprint density at radius 1 is 1.11 bits per heavy atom. The first kappa shape index (κ1) is 19.6. The molecular weight excluding hydrogens is 364 g/mol. The van der Waals surface area contributed by atoms with Crippen LogP contribution in [-0.2, 0) is 14.8 Å². The Bertz CT molecular complexity index is 894. The Labute approximate surface area is 160 Å². The number of rotatable bonds is 5. The highest BCUT2D eigenvalue weighted by Gasteiger charge is 2.32. The molecule has 6 nitrogen and oxygen atoms in total. The topological polar surface area (TPSA) is 79.6 Å².